The lowest BCUT2D eigenvalue weighted by Crippen LogP contribution is -2.29. The monoisotopic (exact) mass is 260 g/mol. The van der Waals surface area contributed by atoms with Crippen molar-refractivity contribution in [2.75, 3.05) is 0 Å². The molecule has 2 aromatic heterocycles. The third kappa shape index (κ3) is 2.86. The Labute approximate surface area is 113 Å². The predicted octanol–water partition coefficient (Wildman–Crippen LogP) is 2.19. The van der Waals surface area contributed by atoms with E-state index in [1.165, 1.54) is 0 Å². The van der Waals surface area contributed by atoms with E-state index in [4.69, 9.17) is 0 Å². The molecule has 2 aromatic rings. The molecule has 102 valence electrons. The van der Waals surface area contributed by atoms with Crippen LogP contribution in [-0.4, -0.2) is 20.7 Å². The van der Waals surface area contributed by atoms with Gasteiger partial charge in [-0.25, -0.2) is 0 Å². The number of aryl methyl sites for hydroxylation is 2. The molecule has 1 unspecified atom stereocenters. The second kappa shape index (κ2) is 5.73. The number of hydrogen-bond acceptors (Lipinski definition) is 2. The van der Waals surface area contributed by atoms with Gasteiger partial charge in [0.05, 0.1) is 11.7 Å². The van der Waals surface area contributed by atoms with Crippen LogP contribution in [0, 0.1) is 0 Å². The van der Waals surface area contributed by atoms with Gasteiger partial charge in [-0.3, -0.25) is 9.48 Å². The minimum Gasteiger partial charge on any atom is -0.354 e. The first-order valence-electron chi connectivity index (χ1n) is 6.62. The van der Waals surface area contributed by atoms with Crippen LogP contribution in [-0.2, 0) is 13.5 Å². The molecule has 0 saturated carbocycles. The highest BCUT2D eigenvalue weighted by atomic mass is 16.1. The first kappa shape index (κ1) is 13.4. The van der Waals surface area contributed by atoms with Gasteiger partial charge in [-0.05, 0) is 31.0 Å². The molecule has 0 radical (unpaired) electrons. The maximum atomic E-state index is 12.2. The van der Waals surface area contributed by atoms with E-state index in [1.807, 2.05) is 32.2 Å². The van der Waals surface area contributed by atoms with Gasteiger partial charge < -0.3 is 10.3 Å². The molecule has 19 heavy (non-hydrogen) atoms. The summed E-state index contributed by atoms with van der Waals surface area (Å²) in [4.78, 5) is 15.3. The molecule has 0 spiro atoms. The molecule has 1 amide bonds. The molecule has 0 aliphatic heterocycles. The second-order valence-corrected chi connectivity index (χ2v) is 4.56. The van der Waals surface area contributed by atoms with Crippen molar-refractivity contribution < 1.29 is 4.79 Å². The number of H-pyrrole nitrogens is 1. The van der Waals surface area contributed by atoms with Crippen molar-refractivity contribution in [3.05, 3.63) is 41.5 Å². The second-order valence-electron chi connectivity index (χ2n) is 4.56. The zero-order valence-corrected chi connectivity index (χ0v) is 11.6. The Morgan fingerprint density at radius 1 is 1.42 bits per heavy atom. The molecule has 0 aliphatic carbocycles. The lowest BCUT2D eigenvalue weighted by atomic mass is 10.1. The van der Waals surface area contributed by atoms with Crippen LogP contribution in [0.1, 0.15) is 48.2 Å². The van der Waals surface area contributed by atoms with Gasteiger partial charge in [-0.2, -0.15) is 5.10 Å². The van der Waals surface area contributed by atoms with E-state index in [2.05, 4.69) is 22.3 Å². The lowest BCUT2D eigenvalue weighted by Gasteiger charge is -2.16. The van der Waals surface area contributed by atoms with E-state index in [9.17, 15) is 4.79 Å². The molecule has 0 bridgehead atoms. The van der Waals surface area contributed by atoms with Crippen molar-refractivity contribution >= 4 is 5.91 Å². The average Bonchev–Trinajstić information content (AvgIpc) is 3.04. The highest BCUT2D eigenvalue weighted by Gasteiger charge is 2.17. The molecular weight excluding hydrogens is 240 g/mol. The van der Waals surface area contributed by atoms with Crippen molar-refractivity contribution in [2.45, 2.75) is 32.7 Å². The summed E-state index contributed by atoms with van der Waals surface area (Å²) < 4.78 is 1.79. The van der Waals surface area contributed by atoms with Crippen molar-refractivity contribution in [1.82, 2.24) is 20.1 Å². The van der Waals surface area contributed by atoms with E-state index >= 15 is 0 Å². The third-order valence-electron chi connectivity index (χ3n) is 3.30. The fourth-order valence-corrected chi connectivity index (χ4v) is 2.13. The highest BCUT2D eigenvalue weighted by Crippen LogP contribution is 2.16. The van der Waals surface area contributed by atoms with Crippen molar-refractivity contribution in [1.29, 1.82) is 0 Å². The molecule has 2 rings (SSSR count). The summed E-state index contributed by atoms with van der Waals surface area (Å²) >= 11 is 0. The Kier molecular flexibility index (Phi) is 4.04. The Hall–Kier alpha value is -2.04. The van der Waals surface area contributed by atoms with Crippen LogP contribution in [0.5, 0.6) is 0 Å². The fraction of sp³-hybridized carbons (Fsp3) is 0.429. The maximum Gasteiger partial charge on any atom is 0.268 e. The standard InChI is InChI=1S/C14H20N4O/c1-4-10-6-7-12(16-10)14(19)17-11(5-2)13-8-9-15-18(13)3/h6-9,11,16H,4-5H2,1-3H3,(H,17,19). The number of hydrogen-bond donors (Lipinski definition) is 2. The molecular formula is C14H20N4O. The molecule has 2 N–H and O–H groups in total. The lowest BCUT2D eigenvalue weighted by molar-refractivity contribution is 0.0929. The third-order valence-corrected chi connectivity index (χ3v) is 3.30. The summed E-state index contributed by atoms with van der Waals surface area (Å²) in [6.45, 7) is 4.10. The van der Waals surface area contributed by atoms with Gasteiger partial charge in [0.2, 0.25) is 0 Å². The molecule has 5 nitrogen and oxygen atoms in total. The number of rotatable bonds is 5. The summed E-state index contributed by atoms with van der Waals surface area (Å²) in [7, 11) is 1.88. The number of nitrogens with one attached hydrogen (secondary N) is 2. The van der Waals surface area contributed by atoms with Gasteiger partial charge in [-0.1, -0.05) is 13.8 Å². The van der Waals surface area contributed by atoms with Crippen molar-refractivity contribution in [2.24, 2.45) is 7.05 Å². The van der Waals surface area contributed by atoms with Crippen LogP contribution in [0.25, 0.3) is 0 Å². The summed E-state index contributed by atoms with van der Waals surface area (Å²) in [6, 6.07) is 5.68. The van der Waals surface area contributed by atoms with E-state index < -0.39 is 0 Å². The Bertz CT molecular complexity index is 555. The fourth-order valence-electron chi connectivity index (χ4n) is 2.13. The van der Waals surface area contributed by atoms with E-state index in [-0.39, 0.29) is 11.9 Å². The SMILES string of the molecule is CCc1ccc(C(=O)NC(CC)c2ccnn2C)[nH]1. The summed E-state index contributed by atoms with van der Waals surface area (Å²) in [5.74, 6) is -0.0762. The zero-order chi connectivity index (χ0) is 13.8. The number of amides is 1. The Morgan fingerprint density at radius 2 is 2.21 bits per heavy atom. The number of carbonyl (C=O) groups is 1. The normalized spacial score (nSPS) is 12.4. The summed E-state index contributed by atoms with van der Waals surface area (Å²) in [5, 5.41) is 7.17. The van der Waals surface area contributed by atoms with Gasteiger partial charge in [0.1, 0.15) is 5.69 Å². The van der Waals surface area contributed by atoms with Gasteiger partial charge in [0, 0.05) is 18.9 Å². The van der Waals surface area contributed by atoms with Gasteiger partial charge in [0.25, 0.3) is 5.91 Å². The molecule has 0 aliphatic rings. The number of aromatic nitrogens is 3. The van der Waals surface area contributed by atoms with Crippen molar-refractivity contribution in [3.8, 4) is 0 Å². The Balaban J connectivity index is 2.10. The molecule has 5 heteroatoms. The first-order valence-corrected chi connectivity index (χ1v) is 6.62. The number of aromatic amines is 1. The quantitative estimate of drug-likeness (QED) is 0.865. The topological polar surface area (TPSA) is 62.7 Å². The number of nitrogens with zero attached hydrogens (tertiary/aromatic N) is 2. The summed E-state index contributed by atoms with van der Waals surface area (Å²) in [6.07, 6.45) is 3.47. The molecule has 1 atom stereocenters. The maximum absolute atomic E-state index is 12.2. The predicted molar refractivity (Wildman–Crippen MR) is 73.9 cm³/mol. The molecule has 0 saturated heterocycles. The van der Waals surface area contributed by atoms with Crippen LogP contribution in [0.15, 0.2) is 24.4 Å². The average molecular weight is 260 g/mol. The van der Waals surface area contributed by atoms with E-state index in [1.54, 1.807) is 10.9 Å². The van der Waals surface area contributed by atoms with Gasteiger partial charge in [0.15, 0.2) is 0 Å². The molecule has 0 aromatic carbocycles. The van der Waals surface area contributed by atoms with Crippen LogP contribution in [0.3, 0.4) is 0 Å². The van der Waals surface area contributed by atoms with Gasteiger partial charge in [-0.15, -0.1) is 0 Å². The Morgan fingerprint density at radius 3 is 2.74 bits per heavy atom. The minimum atomic E-state index is -0.0762. The van der Waals surface area contributed by atoms with Crippen LogP contribution >= 0.6 is 0 Å². The van der Waals surface area contributed by atoms with Crippen LogP contribution < -0.4 is 5.32 Å². The highest BCUT2D eigenvalue weighted by molar-refractivity contribution is 5.92. The van der Waals surface area contributed by atoms with Gasteiger partial charge >= 0.3 is 0 Å². The van der Waals surface area contributed by atoms with Crippen molar-refractivity contribution in [3.63, 3.8) is 0 Å². The van der Waals surface area contributed by atoms with Crippen LogP contribution in [0.2, 0.25) is 0 Å². The smallest absolute Gasteiger partial charge is 0.268 e. The largest absolute Gasteiger partial charge is 0.354 e. The number of carbonyl (C=O) groups excluding carboxylic acids is 1. The van der Waals surface area contributed by atoms with E-state index in [0.29, 0.717) is 5.69 Å². The molecule has 2 heterocycles. The minimum absolute atomic E-state index is 0.0200. The van der Waals surface area contributed by atoms with Crippen LogP contribution in [0.4, 0.5) is 0 Å². The summed E-state index contributed by atoms with van der Waals surface area (Å²) in [5.41, 5.74) is 2.69. The first-order chi connectivity index (χ1) is 9.15. The van der Waals surface area contributed by atoms with E-state index in [0.717, 1.165) is 24.2 Å². The molecule has 0 fully saturated rings. The zero-order valence-electron chi connectivity index (χ0n) is 11.6.